The minimum absolute atomic E-state index is 0.0337. The van der Waals surface area contributed by atoms with Gasteiger partial charge in [-0.3, -0.25) is 4.79 Å². The number of aryl methyl sites for hydroxylation is 1. The number of benzene rings is 2. The molecular weight excluding hydrogens is 292 g/mol. The van der Waals surface area contributed by atoms with Crippen LogP contribution in [0.1, 0.15) is 15.9 Å². The number of nitrogens with two attached hydrogens (primary N) is 1. The number of nitrogen functional groups attached to an aromatic ring is 1. The zero-order chi connectivity index (χ0) is 15.6. The summed E-state index contributed by atoms with van der Waals surface area (Å²) in [6, 6.07) is 7.52. The lowest BCUT2D eigenvalue weighted by Gasteiger charge is -2.13. The summed E-state index contributed by atoms with van der Waals surface area (Å²) in [5, 5.41) is 12.7. The third-order valence-electron chi connectivity index (χ3n) is 3.01. The summed E-state index contributed by atoms with van der Waals surface area (Å²) < 4.78 is 5.19. The van der Waals surface area contributed by atoms with Crippen LogP contribution in [0.5, 0.6) is 11.5 Å². The van der Waals surface area contributed by atoms with E-state index in [-0.39, 0.29) is 17.0 Å². The maximum atomic E-state index is 12.3. The molecule has 0 aliphatic heterocycles. The average molecular weight is 307 g/mol. The average Bonchev–Trinajstić information content (AvgIpc) is 2.45. The lowest BCUT2D eigenvalue weighted by Crippen LogP contribution is -2.14. The van der Waals surface area contributed by atoms with Crippen molar-refractivity contribution < 1.29 is 14.6 Å². The molecule has 0 unspecified atom stereocenters. The molecule has 0 radical (unpaired) electrons. The number of hydrogen-bond acceptors (Lipinski definition) is 4. The van der Waals surface area contributed by atoms with E-state index in [0.29, 0.717) is 16.5 Å². The third-order valence-corrected chi connectivity index (χ3v) is 3.42. The molecule has 0 saturated heterocycles. The van der Waals surface area contributed by atoms with Gasteiger partial charge < -0.3 is 20.9 Å². The first-order chi connectivity index (χ1) is 9.92. The van der Waals surface area contributed by atoms with Crippen molar-refractivity contribution in [1.82, 2.24) is 0 Å². The number of phenolic OH excluding ortho intramolecular Hbond substituents is 1. The lowest BCUT2D eigenvalue weighted by atomic mass is 10.1. The molecule has 0 spiro atoms. The van der Waals surface area contributed by atoms with Crippen LogP contribution in [0.2, 0.25) is 5.02 Å². The SMILES string of the molecule is COc1cc(Cl)c(C)cc1NC(=O)c1cc(O)ccc1N. The number of phenols is 1. The van der Waals surface area contributed by atoms with Crippen LogP contribution in [-0.4, -0.2) is 18.1 Å². The van der Waals surface area contributed by atoms with Gasteiger partial charge in [0.2, 0.25) is 0 Å². The molecular formula is C15H15ClN2O3. The lowest BCUT2D eigenvalue weighted by molar-refractivity contribution is 0.102. The minimum Gasteiger partial charge on any atom is -0.508 e. The molecule has 0 saturated carbocycles. The van der Waals surface area contributed by atoms with Gasteiger partial charge in [-0.15, -0.1) is 0 Å². The molecule has 6 heteroatoms. The molecule has 2 rings (SSSR count). The summed E-state index contributed by atoms with van der Waals surface area (Å²) in [6.07, 6.45) is 0. The number of ether oxygens (including phenoxy) is 1. The first-order valence-electron chi connectivity index (χ1n) is 6.16. The molecule has 0 heterocycles. The maximum Gasteiger partial charge on any atom is 0.257 e. The van der Waals surface area contributed by atoms with Crippen molar-refractivity contribution in [1.29, 1.82) is 0 Å². The van der Waals surface area contributed by atoms with E-state index in [9.17, 15) is 9.90 Å². The normalized spacial score (nSPS) is 10.2. The molecule has 0 bridgehead atoms. The van der Waals surface area contributed by atoms with Crippen LogP contribution in [0, 0.1) is 6.92 Å². The van der Waals surface area contributed by atoms with Gasteiger partial charge in [-0.25, -0.2) is 0 Å². The molecule has 1 amide bonds. The van der Waals surface area contributed by atoms with Crippen LogP contribution >= 0.6 is 11.6 Å². The number of halogens is 1. The first kappa shape index (κ1) is 15.0. The molecule has 0 fully saturated rings. The molecule has 21 heavy (non-hydrogen) atoms. The number of hydrogen-bond donors (Lipinski definition) is 3. The minimum atomic E-state index is -0.441. The Bertz CT molecular complexity index is 702. The van der Waals surface area contributed by atoms with Gasteiger partial charge in [0.1, 0.15) is 11.5 Å². The maximum absolute atomic E-state index is 12.3. The van der Waals surface area contributed by atoms with Crippen LogP contribution in [0.4, 0.5) is 11.4 Å². The largest absolute Gasteiger partial charge is 0.508 e. The molecule has 110 valence electrons. The van der Waals surface area contributed by atoms with E-state index in [1.54, 1.807) is 12.1 Å². The van der Waals surface area contributed by atoms with Gasteiger partial charge in [-0.1, -0.05) is 11.6 Å². The fraction of sp³-hybridized carbons (Fsp3) is 0.133. The Kier molecular flexibility index (Phi) is 4.23. The summed E-state index contributed by atoms with van der Waals surface area (Å²) in [6.45, 7) is 1.82. The monoisotopic (exact) mass is 306 g/mol. The van der Waals surface area contributed by atoms with E-state index < -0.39 is 5.91 Å². The Morgan fingerprint density at radius 1 is 1.33 bits per heavy atom. The number of methoxy groups -OCH3 is 1. The van der Waals surface area contributed by atoms with Gasteiger partial charge in [-0.2, -0.15) is 0 Å². The Labute approximate surface area is 127 Å². The van der Waals surface area contributed by atoms with E-state index in [1.165, 1.54) is 25.3 Å². The van der Waals surface area contributed by atoms with E-state index in [4.69, 9.17) is 22.1 Å². The van der Waals surface area contributed by atoms with Crippen molar-refractivity contribution in [2.75, 3.05) is 18.2 Å². The molecule has 5 nitrogen and oxygen atoms in total. The number of anilines is 2. The van der Waals surface area contributed by atoms with Crippen molar-refractivity contribution in [2.45, 2.75) is 6.92 Å². The number of carbonyl (C=O) groups excluding carboxylic acids is 1. The zero-order valence-electron chi connectivity index (χ0n) is 11.6. The molecule has 0 atom stereocenters. The van der Waals surface area contributed by atoms with Gasteiger partial charge in [0.15, 0.2) is 0 Å². The fourth-order valence-electron chi connectivity index (χ4n) is 1.86. The van der Waals surface area contributed by atoms with Crippen molar-refractivity contribution in [3.05, 3.63) is 46.5 Å². The highest BCUT2D eigenvalue weighted by Crippen LogP contribution is 2.31. The molecule has 2 aromatic rings. The Morgan fingerprint density at radius 2 is 2.05 bits per heavy atom. The van der Waals surface area contributed by atoms with Crippen molar-refractivity contribution in [3.8, 4) is 11.5 Å². The molecule has 0 aliphatic rings. The topological polar surface area (TPSA) is 84.6 Å². The number of amides is 1. The van der Waals surface area contributed by atoms with Crippen LogP contribution in [0.3, 0.4) is 0 Å². The second-order valence-electron chi connectivity index (χ2n) is 4.53. The van der Waals surface area contributed by atoms with Crippen LogP contribution in [0.15, 0.2) is 30.3 Å². The number of carbonyl (C=O) groups is 1. The molecule has 4 N–H and O–H groups in total. The van der Waals surface area contributed by atoms with Crippen LogP contribution in [0.25, 0.3) is 0 Å². The van der Waals surface area contributed by atoms with Crippen LogP contribution < -0.4 is 15.8 Å². The quantitative estimate of drug-likeness (QED) is 0.600. The second-order valence-corrected chi connectivity index (χ2v) is 4.93. The van der Waals surface area contributed by atoms with Gasteiger partial charge in [-0.05, 0) is 36.8 Å². The van der Waals surface area contributed by atoms with E-state index in [2.05, 4.69) is 5.32 Å². The van der Waals surface area contributed by atoms with E-state index >= 15 is 0 Å². The van der Waals surface area contributed by atoms with Gasteiger partial charge in [0.05, 0.1) is 18.4 Å². The van der Waals surface area contributed by atoms with Crippen molar-refractivity contribution in [3.63, 3.8) is 0 Å². The van der Waals surface area contributed by atoms with Crippen molar-refractivity contribution >= 4 is 28.9 Å². The van der Waals surface area contributed by atoms with E-state index in [0.717, 1.165) is 5.56 Å². The summed E-state index contributed by atoms with van der Waals surface area (Å²) in [7, 11) is 1.49. The zero-order valence-corrected chi connectivity index (χ0v) is 12.4. The second kappa shape index (κ2) is 5.93. The van der Waals surface area contributed by atoms with Gasteiger partial charge >= 0.3 is 0 Å². The highest BCUT2D eigenvalue weighted by atomic mass is 35.5. The smallest absolute Gasteiger partial charge is 0.257 e. The number of aromatic hydroxyl groups is 1. The summed E-state index contributed by atoms with van der Waals surface area (Å²) >= 11 is 6.02. The summed E-state index contributed by atoms with van der Waals surface area (Å²) in [5.74, 6) is -0.0327. The third kappa shape index (κ3) is 3.20. The summed E-state index contributed by atoms with van der Waals surface area (Å²) in [5.41, 5.74) is 7.48. The standard InChI is InChI=1S/C15H15ClN2O3/c1-8-5-13(14(21-2)7-11(8)16)18-15(20)10-6-9(19)3-4-12(10)17/h3-7,19H,17H2,1-2H3,(H,18,20). The summed E-state index contributed by atoms with van der Waals surface area (Å²) in [4.78, 5) is 12.3. The molecule has 0 aromatic heterocycles. The Morgan fingerprint density at radius 3 is 2.71 bits per heavy atom. The predicted molar refractivity (Wildman–Crippen MR) is 83.2 cm³/mol. The van der Waals surface area contributed by atoms with Crippen molar-refractivity contribution in [2.24, 2.45) is 0 Å². The molecule has 0 aliphatic carbocycles. The Hall–Kier alpha value is -2.40. The number of nitrogens with one attached hydrogen (secondary N) is 1. The highest BCUT2D eigenvalue weighted by molar-refractivity contribution is 6.31. The van der Waals surface area contributed by atoms with Gasteiger partial charge in [0.25, 0.3) is 5.91 Å². The number of rotatable bonds is 3. The predicted octanol–water partition coefficient (Wildman–Crippen LogP) is 3.20. The Balaban J connectivity index is 2.35. The molecule has 2 aromatic carbocycles. The van der Waals surface area contributed by atoms with Crippen LogP contribution in [-0.2, 0) is 0 Å². The highest BCUT2D eigenvalue weighted by Gasteiger charge is 2.14. The fourth-order valence-corrected chi connectivity index (χ4v) is 2.01. The van der Waals surface area contributed by atoms with E-state index in [1.807, 2.05) is 6.92 Å². The first-order valence-corrected chi connectivity index (χ1v) is 6.54. The van der Waals surface area contributed by atoms with Gasteiger partial charge in [0, 0.05) is 16.8 Å².